The average molecular weight is 502 g/mol. The molecule has 2 fully saturated rings. The number of nitrogens with one attached hydrogen (secondary N) is 1. The van der Waals surface area contributed by atoms with E-state index in [2.05, 4.69) is 29.0 Å². The molecule has 0 aliphatic carbocycles. The normalized spacial score (nSPS) is 30.2. The van der Waals surface area contributed by atoms with E-state index in [4.69, 9.17) is 10.5 Å². The summed E-state index contributed by atoms with van der Waals surface area (Å²) in [5.41, 5.74) is 7.36. The lowest BCUT2D eigenvalue weighted by atomic mass is 9.95. The van der Waals surface area contributed by atoms with E-state index in [1.54, 1.807) is 4.90 Å². The number of nitrogens with zero attached hydrogens (tertiary/aromatic N) is 3. The molecular formula is C23H37Cl2N5O3. The molecule has 3 heterocycles. The van der Waals surface area contributed by atoms with Gasteiger partial charge in [-0.15, -0.1) is 24.8 Å². The third-order valence-electron chi connectivity index (χ3n) is 7.01. The summed E-state index contributed by atoms with van der Waals surface area (Å²) in [4.78, 5) is 32.2. The van der Waals surface area contributed by atoms with E-state index in [-0.39, 0.29) is 48.7 Å². The van der Waals surface area contributed by atoms with Gasteiger partial charge in [0.1, 0.15) is 0 Å². The minimum Gasteiger partial charge on any atom is -0.379 e. The molecule has 0 saturated carbocycles. The van der Waals surface area contributed by atoms with Crippen LogP contribution in [0, 0.1) is 0 Å². The Morgan fingerprint density at radius 2 is 1.88 bits per heavy atom. The summed E-state index contributed by atoms with van der Waals surface area (Å²) in [7, 11) is 0. The quantitative estimate of drug-likeness (QED) is 0.630. The minimum absolute atomic E-state index is 0. The lowest BCUT2D eigenvalue weighted by Crippen LogP contribution is -2.62. The van der Waals surface area contributed by atoms with Crippen LogP contribution in [0.4, 0.5) is 5.69 Å². The maximum absolute atomic E-state index is 13.5. The molecule has 0 aromatic heterocycles. The standard InChI is InChI=1S/C23H35N5O3.2ClH/c1-15-11-27(18(10-25-15)12-26-8-9-31-14-16(26)2)13-21(29)28-17(3)22(23(24)30)19-6-4-5-7-20(19)28;;/h4-7,15-18,22,25H,8-14H2,1-3H3,(H2,24,30);2*1H/t15-,16-,17?,18-,22?;;/m1../s1. The molecule has 0 spiro atoms. The Morgan fingerprint density at radius 1 is 1.15 bits per heavy atom. The smallest absolute Gasteiger partial charge is 0.241 e. The fourth-order valence-corrected chi connectivity index (χ4v) is 5.31. The van der Waals surface area contributed by atoms with Crippen LogP contribution in [-0.2, 0) is 14.3 Å². The van der Waals surface area contributed by atoms with Crippen LogP contribution in [0.5, 0.6) is 0 Å². The van der Waals surface area contributed by atoms with Crippen molar-refractivity contribution in [3.8, 4) is 0 Å². The molecule has 8 nitrogen and oxygen atoms in total. The van der Waals surface area contributed by atoms with Gasteiger partial charge in [0.15, 0.2) is 0 Å². The highest BCUT2D eigenvalue weighted by molar-refractivity contribution is 6.01. The molecule has 2 unspecified atom stereocenters. The molecule has 0 radical (unpaired) electrons. The van der Waals surface area contributed by atoms with Gasteiger partial charge in [-0.2, -0.15) is 0 Å². The Morgan fingerprint density at radius 3 is 2.58 bits per heavy atom. The van der Waals surface area contributed by atoms with E-state index in [1.807, 2.05) is 31.2 Å². The molecule has 4 rings (SSSR count). The number of benzene rings is 1. The molecule has 0 bridgehead atoms. The van der Waals surface area contributed by atoms with Crippen molar-refractivity contribution >= 4 is 42.3 Å². The number of amides is 2. The number of ether oxygens (including phenoxy) is 1. The number of carbonyl (C=O) groups excluding carboxylic acids is 2. The molecular weight excluding hydrogens is 465 g/mol. The zero-order valence-electron chi connectivity index (χ0n) is 19.6. The number of fused-ring (bicyclic) bond motifs is 1. The van der Waals surface area contributed by atoms with Crippen LogP contribution in [0.1, 0.15) is 32.3 Å². The summed E-state index contributed by atoms with van der Waals surface area (Å²) in [6.07, 6.45) is 0. The van der Waals surface area contributed by atoms with Gasteiger partial charge in [-0.25, -0.2) is 0 Å². The highest BCUT2D eigenvalue weighted by Crippen LogP contribution is 2.40. The zero-order chi connectivity index (χ0) is 22.1. The van der Waals surface area contributed by atoms with E-state index < -0.39 is 5.92 Å². The van der Waals surface area contributed by atoms with E-state index in [0.29, 0.717) is 18.6 Å². The second kappa shape index (κ2) is 11.8. The van der Waals surface area contributed by atoms with Gasteiger partial charge in [0.2, 0.25) is 11.8 Å². The summed E-state index contributed by atoms with van der Waals surface area (Å²) < 4.78 is 5.58. The highest BCUT2D eigenvalue weighted by Gasteiger charge is 2.42. The number of halogens is 2. The van der Waals surface area contributed by atoms with E-state index >= 15 is 0 Å². The van der Waals surface area contributed by atoms with Gasteiger partial charge in [0.05, 0.1) is 25.7 Å². The van der Waals surface area contributed by atoms with Crippen LogP contribution >= 0.6 is 24.8 Å². The number of rotatable bonds is 5. The van der Waals surface area contributed by atoms with E-state index in [1.165, 1.54) is 0 Å². The third kappa shape index (κ3) is 5.81. The lowest BCUT2D eigenvalue weighted by molar-refractivity contribution is -0.122. The van der Waals surface area contributed by atoms with Crippen LogP contribution in [-0.4, -0.2) is 91.7 Å². The van der Waals surface area contributed by atoms with Crippen molar-refractivity contribution in [2.45, 2.75) is 50.9 Å². The Bertz CT molecular complexity index is 829. The average Bonchev–Trinajstić information content (AvgIpc) is 3.03. The number of para-hydroxylation sites is 1. The van der Waals surface area contributed by atoms with Crippen LogP contribution in [0.15, 0.2) is 24.3 Å². The first-order chi connectivity index (χ1) is 14.9. The summed E-state index contributed by atoms with van der Waals surface area (Å²) in [5.74, 6) is -0.824. The minimum atomic E-state index is -0.466. The van der Waals surface area contributed by atoms with Gasteiger partial charge in [-0.05, 0) is 32.4 Å². The topological polar surface area (TPSA) is 91.1 Å². The monoisotopic (exact) mass is 501 g/mol. The van der Waals surface area contributed by atoms with Crippen molar-refractivity contribution in [2.24, 2.45) is 5.73 Å². The van der Waals surface area contributed by atoms with Crippen molar-refractivity contribution < 1.29 is 14.3 Å². The Kier molecular flexibility index (Phi) is 9.96. The number of carbonyl (C=O) groups is 2. The van der Waals surface area contributed by atoms with E-state index in [9.17, 15) is 9.59 Å². The predicted molar refractivity (Wildman–Crippen MR) is 135 cm³/mol. The number of piperazine rings is 1. The largest absolute Gasteiger partial charge is 0.379 e. The van der Waals surface area contributed by atoms with Crippen LogP contribution in [0.3, 0.4) is 0 Å². The molecule has 2 saturated heterocycles. The molecule has 3 aliphatic rings. The van der Waals surface area contributed by atoms with Crippen molar-refractivity contribution in [1.29, 1.82) is 0 Å². The van der Waals surface area contributed by atoms with Crippen molar-refractivity contribution in [3.05, 3.63) is 29.8 Å². The van der Waals surface area contributed by atoms with Gasteiger partial charge in [0, 0.05) is 56.0 Å². The number of hydrogen-bond donors (Lipinski definition) is 2. The number of anilines is 1. The predicted octanol–water partition coefficient (Wildman–Crippen LogP) is 1.22. The van der Waals surface area contributed by atoms with Crippen molar-refractivity contribution in [3.63, 3.8) is 0 Å². The molecule has 1 aromatic rings. The molecule has 2 amide bonds. The third-order valence-corrected chi connectivity index (χ3v) is 7.01. The number of nitrogens with two attached hydrogens (primary N) is 1. The summed E-state index contributed by atoms with van der Waals surface area (Å²) >= 11 is 0. The molecule has 5 atom stereocenters. The first-order valence-electron chi connectivity index (χ1n) is 11.4. The summed E-state index contributed by atoms with van der Waals surface area (Å²) in [6, 6.07) is 8.31. The fraction of sp³-hybridized carbons (Fsp3) is 0.652. The van der Waals surface area contributed by atoms with Gasteiger partial charge < -0.3 is 20.7 Å². The molecule has 1 aromatic carbocycles. The first-order valence-corrected chi connectivity index (χ1v) is 11.4. The fourth-order valence-electron chi connectivity index (χ4n) is 5.31. The Balaban J connectivity index is 0.00000193. The van der Waals surface area contributed by atoms with Gasteiger partial charge in [-0.1, -0.05) is 18.2 Å². The van der Waals surface area contributed by atoms with Crippen LogP contribution < -0.4 is 16.0 Å². The van der Waals surface area contributed by atoms with Gasteiger partial charge in [-0.3, -0.25) is 19.4 Å². The van der Waals surface area contributed by atoms with Crippen LogP contribution in [0.2, 0.25) is 0 Å². The van der Waals surface area contributed by atoms with Gasteiger partial charge >= 0.3 is 0 Å². The van der Waals surface area contributed by atoms with Crippen molar-refractivity contribution in [1.82, 2.24) is 15.1 Å². The SMILES string of the molecule is CC1C(C(N)=O)c2ccccc2N1C(=O)CN1C[C@@H](C)NC[C@@H]1CN1CCOC[C@H]1C.Cl.Cl. The lowest BCUT2D eigenvalue weighted by Gasteiger charge is -2.44. The first kappa shape index (κ1) is 27.8. The molecule has 33 heavy (non-hydrogen) atoms. The zero-order valence-corrected chi connectivity index (χ0v) is 21.2. The number of hydrogen-bond acceptors (Lipinski definition) is 6. The summed E-state index contributed by atoms with van der Waals surface area (Å²) in [6.45, 7) is 11.6. The van der Waals surface area contributed by atoms with E-state index in [0.717, 1.165) is 50.6 Å². The van der Waals surface area contributed by atoms with Crippen LogP contribution in [0.25, 0.3) is 0 Å². The maximum Gasteiger partial charge on any atom is 0.241 e. The van der Waals surface area contributed by atoms with Gasteiger partial charge in [0.25, 0.3) is 0 Å². The summed E-state index contributed by atoms with van der Waals surface area (Å²) in [5, 5.41) is 3.57. The van der Waals surface area contributed by atoms with Crippen molar-refractivity contribution in [2.75, 3.05) is 50.8 Å². The highest BCUT2D eigenvalue weighted by atomic mass is 35.5. The number of primary amides is 1. The molecule has 10 heteroatoms. The number of morpholine rings is 1. The second-order valence-electron chi connectivity index (χ2n) is 9.25. The Labute approximate surface area is 209 Å². The second-order valence-corrected chi connectivity index (χ2v) is 9.25. The molecule has 3 aliphatic heterocycles. The maximum atomic E-state index is 13.5. The molecule has 3 N–H and O–H groups in total. The Hall–Kier alpha value is -1.42. The molecule has 186 valence electrons.